The minimum atomic E-state index is -0.125. The van der Waals surface area contributed by atoms with Crippen molar-refractivity contribution in [3.63, 3.8) is 0 Å². The highest BCUT2D eigenvalue weighted by Crippen LogP contribution is 2.04. The largest absolute Gasteiger partial charge is 0.394 e. The molecule has 0 saturated carbocycles. The van der Waals surface area contributed by atoms with Crippen molar-refractivity contribution >= 4 is 0 Å². The van der Waals surface area contributed by atoms with E-state index in [4.69, 9.17) is 14.9 Å². The molecule has 3 heteroatoms. The molecule has 0 aromatic heterocycles. The lowest BCUT2D eigenvalue weighted by Gasteiger charge is -2.03. The van der Waals surface area contributed by atoms with E-state index in [9.17, 15) is 0 Å². The van der Waals surface area contributed by atoms with E-state index < -0.39 is 0 Å². The van der Waals surface area contributed by atoms with Gasteiger partial charge in [-0.05, 0) is 26.7 Å². The summed E-state index contributed by atoms with van der Waals surface area (Å²) < 4.78 is 5.59. The van der Waals surface area contributed by atoms with Gasteiger partial charge < -0.3 is 14.9 Å². The number of ether oxygens (including phenoxy) is 1. The van der Waals surface area contributed by atoms with Crippen LogP contribution in [0.25, 0.3) is 0 Å². The van der Waals surface area contributed by atoms with E-state index in [1.54, 1.807) is 12.2 Å². The SMILES string of the molecule is C=CC.C=CC.CCCCCCCOCCCCCCC.OCCO. The highest BCUT2D eigenvalue weighted by molar-refractivity contribution is 4.52. The predicted molar refractivity (Wildman–Crippen MR) is 114 cm³/mol. The van der Waals surface area contributed by atoms with Crippen LogP contribution in [0.5, 0.6) is 0 Å². The number of aliphatic hydroxyl groups is 2. The van der Waals surface area contributed by atoms with Crippen LogP contribution in [0.2, 0.25) is 0 Å². The van der Waals surface area contributed by atoms with Crippen LogP contribution in [0.15, 0.2) is 25.3 Å². The highest BCUT2D eigenvalue weighted by Gasteiger charge is 1.91. The Kier molecular flexibility index (Phi) is 56.0. The molecule has 25 heavy (non-hydrogen) atoms. The van der Waals surface area contributed by atoms with Gasteiger partial charge in [0.25, 0.3) is 0 Å². The molecule has 0 unspecified atom stereocenters. The van der Waals surface area contributed by atoms with E-state index in [0.717, 1.165) is 13.2 Å². The van der Waals surface area contributed by atoms with Crippen molar-refractivity contribution in [1.82, 2.24) is 0 Å². The summed E-state index contributed by atoms with van der Waals surface area (Å²) in [5.74, 6) is 0. The molecular weight excluding hydrogens is 312 g/mol. The summed E-state index contributed by atoms with van der Waals surface area (Å²) in [6.07, 6.45) is 16.9. The maximum absolute atomic E-state index is 7.62. The number of aliphatic hydroxyl groups excluding tert-OH is 2. The number of allylic oxidation sites excluding steroid dienone is 2. The van der Waals surface area contributed by atoms with Gasteiger partial charge in [-0.3, -0.25) is 0 Å². The fraction of sp³-hybridized carbons (Fsp3) is 0.818. The maximum atomic E-state index is 7.62. The monoisotopic (exact) mass is 360 g/mol. The molecule has 0 heterocycles. The van der Waals surface area contributed by atoms with E-state index in [1.165, 1.54) is 64.2 Å². The van der Waals surface area contributed by atoms with Gasteiger partial charge in [0, 0.05) is 13.2 Å². The average Bonchev–Trinajstić information content (AvgIpc) is 2.61. The minimum absolute atomic E-state index is 0.125. The lowest BCUT2D eigenvalue weighted by molar-refractivity contribution is 0.125. The van der Waals surface area contributed by atoms with Crippen molar-refractivity contribution in [3.8, 4) is 0 Å². The van der Waals surface area contributed by atoms with Crippen molar-refractivity contribution in [2.45, 2.75) is 91.9 Å². The molecule has 0 fully saturated rings. The number of hydrogen-bond donors (Lipinski definition) is 2. The number of rotatable bonds is 13. The zero-order valence-corrected chi connectivity index (χ0v) is 17.8. The van der Waals surface area contributed by atoms with Crippen molar-refractivity contribution in [3.05, 3.63) is 25.3 Å². The van der Waals surface area contributed by atoms with Crippen LogP contribution in [-0.4, -0.2) is 36.6 Å². The van der Waals surface area contributed by atoms with Crippen molar-refractivity contribution in [2.24, 2.45) is 0 Å². The lowest BCUT2D eigenvalue weighted by atomic mass is 10.1. The first-order chi connectivity index (χ1) is 12.2. The number of hydrogen-bond acceptors (Lipinski definition) is 3. The molecule has 154 valence electrons. The van der Waals surface area contributed by atoms with E-state index in [-0.39, 0.29) is 13.2 Å². The Morgan fingerprint density at radius 1 is 0.640 bits per heavy atom. The number of unbranched alkanes of at least 4 members (excludes halogenated alkanes) is 8. The van der Waals surface area contributed by atoms with Gasteiger partial charge >= 0.3 is 0 Å². The van der Waals surface area contributed by atoms with Crippen molar-refractivity contribution < 1.29 is 14.9 Å². The molecule has 0 atom stereocenters. The summed E-state index contributed by atoms with van der Waals surface area (Å²) in [6, 6.07) is 0. The van der Waals surface area contributed by atoms with E-state index in [0.29, 0.717) is 0 Å². The van der Waals surface area contributed by atoms with Gasteiger partial charge in [-0.2, -0.15) is 0 Å². The Morgan fingerprint density at radius 2 is 0.920 bits per heavy atom. The summed E-state index contributed by atoms with van der Waals surface area (Å²) in [5, 5.41) is 15.2. The Balaban J connectivity index is -0.000000181. The zero-order valence-electron chi connectivity index (χ0n) is 17.8. The molecule has 0 amide bonds. The van der Waals surface area contributed by atoms with Crippen LogP contribution in [-0.2, 0) is 4.74 Å². The van der Waals surface area contributed by atoms with Gasteiger partial charge in [-0.25, -0.2) is 0 Å². The van der Waals surface area contributed by atoms with E-state index >= 15 is 0 Å². The van der Waals surface area contributed by atoms with Gasteiger partial charge in [-0.15, -0.1) is 13.2 Å². The Hall–Kier alpha value is -0.640. The van der Waals surface area contributed by atoms with E-state index in [1.807, 2.05) is 13.8 Å². The summed E-state index contributed by atoms with van der Waals surface area (Å²) >= 11 is 0. The maximum Gasteiger partial charge on any atom is 0.0662 e. The Labute approximate surface area is 159 Å². The first-order valence-electron chi connectivity index (χ1n) is 10.1. The van der Waals surface area contributed by atoms with Crippen LogP contribution in [0.3, 0.4) is 0 Å². The minimum Gasteiger partial charge on any atom is -0.394 e. The predicted octanol–water partition coefficient (Wildman–Crippen LogP) is 6.30. The van der Waals surface area contributed by atoms with Crippen LogP contribution >= 0.6 is 0 Å². The van der Waals surface area contributed by atoms with Gasteiger partial charge in [0.1, 0.15) is 0 Å². The molecule has 0 bridgehead atoms. The van der Waals surface area contributed by atoms with Crippen molar-refractivity contribution in [2.75, 3.05) is 26.4 Å². The first-order valence-corrected chi connectivity index (χ1v) is 10.1. The van der Waals surface area contributed by atoms with Gasteiger partial charge in [0.05, 0.1) is 13.2 Å². The zero-order chi connectivity index (χ0) is 20.0. The quantitative estimate of drug-likeness (QED) is 0.299. The molecule has 0 aliphatic rings. The van der Waals surface area contributed by atoms with Gasteiger partial charge in [-0.1, -0.05) is 77.4 Å². The second-order valence-corrected chi connectivity index (χ2v) is 5.70. The molecule has 0 aromatic carbocycles. The third kappa shape index (κ3) is 69.8. The summed E-state index contributed by atoms with van der Waals surface area (Å²) in [5.41, 5.74) is 0. The molecule has 0 radical (unpaired) electrons. The summed E-state index contributed by atoms with van der Waals surface area (Å²) in [4.78, 5) is 0. The lowest BCUT2D eigenvalue weighted by Crippen LogP contribution is -1.97. The average molecular weight is 361 g/mol. The molecule has 0 saturated heterocycles. The second-order valence-electron chi connectivity index (χ2n) is 5.70. The van der Waals surface area contributed by atoms with Gasteiger partial charge in [0.15, 0.2) is 0 Å². The van der Waals surface area contributed by atoms with Gasteiger partial charge in [0.2, 0.25) is 0 Å². The fourth-order valence-corrected chi connectivity index (χ4v) is 1.72. The molecule has 0 aliphatic carbocycles. The molecule has 0 aromatic rings. The van der Waals surface area contributed by atoms with Crippen LogP contribution < -0.4 is 0 Å². The summed E-state index contributed by atoms with van der Waals surface area (Å²) in [6.45, 7) is 16.7. The Bertz CT molecular complexity index is 174. The molecule has 2 N–H and O–H groups in total. The second kappa shape index (κ2) is 43.6. The smallest absolute Gasteiger partial charge is 0.0662 e. The normalized spacial score (nSPS) is 8.72. The van der Waals surface area contributed by atoms with Crippen molar-refractivity contribution in [1.29, 1.82) is 0 Å². The molecule has 0 spiro atoms. The standard InChI is InChI=1S/C14H30O.2C3H6.C2H6O2/c1-3-5-7-9-11-13-15-14-12-10-8-6-4-2;2*1-3-2;3-1-2-4/h3-14H2,1-2H3;2*3H,1H2,2H3;3-4H,1-2H2. The van der Waals surface area contributed by atoms with E-state index in [2.05, 4.69) is 27.0 Å². The molecule has 3 nitrogen and oxygen atoms in total. The fourth-order valence-electron chi connectivity index (χ4n) is 1.72. The summed E-state index contributed by atoms with van der Waals surface area (Å²) in [7, 11) is 0. The molecule has 0 rings (SSSR count). The third-order valence-corrected chi connectivity index (χ3v) is 2.88. The van der Waals surface area contributed by atoms with Crippen LogP contribution in [0, 0.1) is 0 Å². The van der Waals surface area contributed by atoms with Crippen LogP contribution in [0.4, 0.5) is 0 Å². The molecular formula is C22H48O3. The topological polar surface area (TPSA) is 49.7 Å². The third-order valence-electron chi connectivity index (χ3n) is 2.88. The molecule has 0 aliphatic heterocycles. The highest BCUT2D eigenvalue weighted by atomic mass is 16.5. The Morgan fingerprint density at radius 3 is 1.16 bits per heavy atom. The first kappa shape index (κ1) is 32.1. The van der Waals surface area contributed by atoms with Crippen LogP contribution in [0.1, 0.15) is 91.9 Å².